The third kappa shape index (κ3) is 2.82. The van der Waals surface area contributed by atoms with Crippen LogP contribution < -0.4 is 0 Å². The Hall–Kier alpha value is -1.44. The fourth-order valence-electron chi connectivity index (χ4n) is 1.14. The average molecular weight is 176 g/mol. The molecule has 0 bridgehead atoms. The van der Waals surface area contributed by atoms with Crippen molar-refractivity contribution >= 4 is 12.1 Å². The summed E-state index contributed by atoms with van der Waals surface area (Å²) in [6.45, 7) is 1.97. The van der Waals surface area contributed by atoms with Crippen LogP contribution in [0, 0.1) is 0 Å². The van der Waals surface area contributed by atoms with Crippen LogP contribution in [0.5, 0.6) is 0 Å². The summed E-state index contributed by atoms with van der Waals surface area (Å²) in [4.78, 5) is 21.4. The average Bonchev–Trinajstić information content (AvgIpc) is 2.30. The molecule has 13 heavy (non-hydrogen) atoms. The van der Waals surface area contributed by atoms with E-state index < -0.39 is 0 Å². The van der Waals surface area contributed by atoms with Gasteiger partial charge in [0.25, 0.3) is 0 Å². The van der Waals surface area contributed by atoms with Crippen molar-refractivity contribution in [3.05, 3.63) is 35.5 Å². The van der Waals surface area contributed by atoms with E-state index in [0.717, 1.165) is 5.57 Å². The van der Waals surface area contributed by atoms with Crippen LogP contribution in [0.15, 0.2) is 35.5 Å². The smallest absolute Gasteiger partial charge is 0.166 e. The van der Waals surface area contributed by atoms with Gasteiger partial charge in [-0.15, -0.1) is 0 Å². The van der Waals surface area contributed by atoms with Gasteiger partial charge in [-0.05, 0) is 18.9 Å². The van der Waals surface area contributed by atoms with Crippen molar-refractivity contribution in [1.82, 2.24) is 0 Å². The maximum Gasteiger partial charge on any atom is 0.166 e. The highest BCUT2D eigenvalue weighted by Gasteiger charge is 2.07. The molecule has 0 saturated carbocycles. The molecule has 0 aromatic heterocycles. The number of hydrogen-bond acceptors (Lipinski definition) is 2. The minimum atomic E-state index is -0.0781. The lowest BCUT2D eigenvalue weighted by molar-refractivity contribution is -0.119. The molecule has 0 spiro atoms. The summed E-state index contributed by atoms with van der Waals surface area (Å²) >= 11 is 0. The second kappa shape index (κ2) is 4.55. The van der Waals surface area contributed by atoms with Crippen molar-refractivity contribution in [2.45, 2.75) is 19.8 Å². The van der Waals surface area contributed by atoms with Crippen LogP contribution in [0.25, 0.3) is 0 Å². The maximum absolute atomic E-state index is 11.3. The zero-order chi connectivity index (χ0) is 9.68. The van der Waals surface area contributed by atoms with Crippen molar-refractivity contribution in [3.63, 3.8) is 0 Å². The molecule has 1 aliphatic rings. The van der Waals surface area contributed by atoms with E-state index in [1.165, 1.54) is 0 Å². The Morgan fingerprint density at radius 1 is 1.54 bits per heavy atom. The highest BCUT2D eigenvalue weighted by molar-refractivity contribution is 6.02. The summed E-state index contributed by atoms with van der Waals surface area (Å²) in [5.41, 5.74) is 1.83. The van der Waals surface area contributed by atoms with Gasteiger partial charge >= 0.3 is 0 Å². The Balaban J connectivity index is 2.76. The van der Waals surface area contributed by atoms with Crippen LogP contribution >= 0.6 is 0 Å². The molecular formula is C11H12O2. The quantitative estimate of drug-likeness (QED) is 0.486. The zero-order valence-electron chi connectivity index (χ0n) is 7.62. The molecule has 2 nitrogen and oxygen atoms in total. The van der Waals surface area contributed by atoms with E-state index in [0.29, 0.717) is 18.3 Å². The van der Waals surface area contributed by atoms with Crippen LogP contribution in [-0.4, -0.2) is 12.1 Å². The predicted molar refractivity (Wildman–Crippen MR) is 51.3 cm³/mol. The van der Waals surface area contributed by atoms with Gasteiger partial charge in [0.05, 0.1) is 6.42 Å². The standard InChI is InChI=1S/C11H12O2/c1-9-3-2-4-10(6-5-9)11(13)7-8-12/h2-3,5-6,8H,4,7H2,1H3. The van der Waals surface area contributed by atoms with Crippen molar-refractivity contribution in [3.8, 4) is 0 Å². The molecule has 0 fully saturated rings. The van der Waals surface area contributed by atoms with Crippen molar-refractivity contribution in [2.24, 2.45) is 0 Å². The molecule has 0 aromatic rings. The van der Waals surface area contributed by atoms with Crippen LogP contribution in [-0.2, 0) is 9.59 Å². The van der Waals surface area contributed by atoms with Gasteiger partial charge in [0, 0.05) is 0 Å². The van der Waals surface area contributed by atoms with Gasteiger partial charge in [-0.1, -0.05) is 29.9 Å². The summed E-state index contributed by atoms with van der Waals surface area (Å²) in [6.07, 6.45) is 8.86. The molecule has 0 aliphatic heterocycles. The first-order valence-corrected chi connectivity index (χ1v) is 4.25. The van der Waals surface area contributed by atoms with Crippen molar-refractivity contribution in [1.29, 1.82) is 0 Å². The first kappa shape index (κ1) is 9.65. The van der Waals surface area contributed by atoms with E-state index in [1.807, 2.05) is 25.2 Å². The van der Waals surface area contributed by atoms with Crippen LogP contribution in [0.1, 0.15) is 19.8 Å². The van der Waals surface area contributed by atoms with E-state index >= 15 is 0 Å². The molecular weight excluding hydrogens is 164 g/mol. The van der Waals surface area contributed by atoms with E-state index in [4.69, 9.17) is 0 Å². The van der Waals surface area contributed by atoms with Gasteiger partial charge in [-0.2, -0.15) is 0 Å². The fourth-order valence-corrected chi connectivity index (χ4v) is 1.14. The van der Waals surface area contributed by atoms with E-state index in [-0.39, 0.29) is 12.2 Å². The van der Waals surface area contributed by atoms with E-state index in [2.05, 4.69) is 0 Å². The van der Waals surface area contributed by atoms with E-state index in [1.54, 1.807) is 6.08 Å². The molecule has 0 saturated heterocycles. The van der Waals surface area contributed by atoms with Gasteiger partial charge < -0.3 is 4.79 Å². The molecule has 1 rings (SSSR count). The monoisotopic (exact) mass is 176 g/mol. The Labute approximate surface area is 77.6 Å². The number of carbonyl (C=O) groups is 2. The molecule has 0 radical (unpaired) electrons. The molecule has 0 atom stereocenters. The van der Waals surface area contributed by atoms with Gasteiger partial charge in [0.15, 0.2) is 5.78 Å². The Morgan fingerprint density at radius 2 is 2.31 bits per heavy atom. The highest BCUT2D eigenvalue weighted by Crippen LogP contribution is 2.12. The molecule has 0 N–H and O–H groups in total. The number of ketones is 1. The van der Waals surface area contributed by atoms with Gasteiger partial charge in [0.1, 0.15) is 6.29 Å². The summed E-state index contributed by atoms with van der Waals surface area (Å²) in [5.74, 6) is -0.0781. The Bertz CT molecular complexity index is 306. The molecule has 1 aliphatic carbocycles. The number of hydrogen-bond donors (Lipinski definition) is 0. The molecule has 0 aromatic carbocycles. The second-order valence-corrected chi connectivity index (χ2v) is 3.00. The molecule has 0 unspecified atom stereocenters. The first-order chi connectivity index (χ1) is 6.24. The normalized spacial score (nSPS) is 15.8. The second-order valence-electron chi connectivity index (χ2n) is 3.00. The third-order valence-corrected chi connectivity index (χ3v) is 1.89. The summed E-state index contributed by atoms with van der Waals surface area (Å²) in [5, 5.41) is 0. The lowest BCUT2D eigenvalue weighted by Gasteiger charge is -1.97. The lowest BCUT2D eigenvalue weighted by Crippen LogP contribution is -2.01. The number of Topliss-reactive ketones (excluding diaryl/α,β-unsaturated/α-hetero) is 1. The number of aldehydes is 1. The number of allylic oxidation sites excluding steroid dienone is 6. The predicted octanol–water partition coefficient (Wildman–Crippen LogP) is 1.98. The first-order valence-electron chi connectivity index (χ1n) is 4.25. The van der Waals surface area contributed by atoms with Crippen LogP contribution in [0.3, 0.4) is 0 Å². The highest BCUT2D eigenvalue weighted by atomic mass is 16.1. The zero-order valence-corrected chi connectivity index (χ0v) is 7.62. The molecule has 0 heterocycles. The van der Waals surface area contributed by atoms with E-state index in [9.17, 15) is 9.59 Å². The molecule has 68 valence electrons. The Kier molecular flexibility index (Phi) is 3.38. The third-order valence-electron chi connectivity index (χ3n) is 1.89. The fraction of sp³-hybridized carbons (Fsp3) is 0.273. The van der Waals surface area contributed by atoms with Crippen molar-refractivity contribution < 1.29 is 9.59 Å². The lowest BCUT2D eigenvalue weighted by atomic mass is 10.1. The van der Waals surface area contributed by atoms with Crippen molar-refractivity contribution in [2.75, 3.05) is 0 Å². The largest absolute Gasteiger partial charge is 0.303 e. The summed E-state index contributed by atoms with van der Waals surface area (Å²) in [7, 11) is 0. The topological polar surface area (TPSA) is 34.1 Å². The van der Waals surface area contributed by atoms with Gasteiger partial charge in [0.2, 0.25) is 0 Å². The minimum Gasteiger partial charge on any atom is -0.303 e. The van der Waals surface area contributed by atoms with Gasteiger partial charge in [-0.25, -0.2) is 0 Å². The minimum absolute atomic E-state index is 0.00738. The summed E-state index contributed by atoms with van der Waals surface area (Å²) < 4.78 is 0. The SMILES string of the molecule is CC1=CC=C(C(=O)CC=O)CC=C1. The van der Waals surface area contributed by atoms with Crippen LogP contribution in [0.2, 0.25) is 0 Å². The number of carbonyl (C=O) groups excluding carboxylic acids is 2. The van der Waals surface area contributed by atoms with Crippen LogP contribution in [0.4, 0.5) is 0 Å². The Morgan fingerprint density at radius 3 is 3.00 bits per heavy atom. The maximum atomic E-state index is 11.3. The molecule has 0 amide bonds. The molecule has 2 heteroatoms. The number of rotatable bonds is 3. The van der Waals surface area contributed by atoms with Gasteiger partial charge in [-0.3, -0.25) is 4.79 Å². The summed E-state index contributed by atoms with van der Waals surface area (Å²) in [6, 6.07) is 0.